The molecule has 0 aromatic heterocycles. The molecule has 1 aliphatic heterocycles. The van der Waals surface area contributed by atoms with Gasteiger partial charge in [0.1, 0.15) is 11.5 Å². The Bertz CT molecular complexity index is 1080. The first-order valence-electron chi connectivity index (χ1n) is 10.9. The molecule has 33 heavy (non-hydrogen) atoms. The second-order valence-electron chi connectivity index (χ2n) is 8.12. The van der Waals surface area contributed by atoms with Crippen LogP contribution in [0.5, 0.6) is 11.5 Å². The summed E-state index contributed by atoms with van der Waals surface area (Å²) in [5.74, 6) is -0.689. The molecule has 1 aliphatic carbocycles. The minimum Gasteiger partial charge on any atom is -0.507 e. The number of carbonyl (C=O) groups excluding carboxylic acids is 2. The monoisotopic (exact) mass is 489 g/mol. The van der Waals surface area contributed by atoms with Gasteiger partial charge in [-0.05, 0) is 49.6 Å². The highest BCUT2D eigenvalue weighted by Gasteiger charge is 2.49. The van der Waals surface area contributed by atoms with E-state index in [9.17, 15) is 14.7 Å². The molecular formula is C25H25Cl2NO5. The number of likely N-dealkylation sites (tertiary alicyclic amines) is 1. The molecule has 0 bridgehead atoms. The van der Waals surface area contributed by atoms with E-state index in [-0.39, 0.29) is 38.7 Å². The molecule has 174 valence electrons. The molecule has 8 heteroatoms. The lowest BCUT2D eigenvalue weighted by atomic mass is 9.94. The fourth-order valence-corrected chi connectivity index (χ4v) is 5.34. The molecule has 1 saturated heterocycles. The van der Waals surface area contributed by atoms with E-state index in [4.69, 9.17) is 32.7 Å². The number of carbonyl (C=O) groups is 2. The maximum atomic E-state index is 13.2. The predicted octanol–water partition coefficient (Wildman–Crippen LogP) is 5.77. The molecule has 0 spiro atoms. The van der Waals surface area contributed by atoms with E-state index >= 15 is 0 Å². The Kier molecular flexibility index (Phi) is 6.86. The Balaban J connectivity index is 1.86. The maximum absolute atomic E-state index is 13.2. The van der Waals surface area contributed by atoms with Crippen LogP contribution in [0.2, 0.25) is 10.0 Å². The lowest BCUT2D eigenvalue weighted by Crippen LogP contribution is -2.37. The van der Waals surface area contributed by atoms with Gasteiger partial charge in [0.2, 0.25) is 0 Å². The van der Waals surface area contributed by atoms with Gasteiger partial charge >= 0.3 is 0 Å². The fraction of sp³-hybridized carbons (Fsp3) is 0.360. The molecule has 1 amide bonds. The number of amides is 1. The van der Waals surface area contributed by atoms with Gasteiger partial charge in [-0.2, -0.15) is 0 Å². The van der Waals surface area contributed by atoms with E-state index < -0.39 is 17.7 Å². The second-order valence-corrected chi connectivity index (χ2v) is 8.93. The van der Waals surface area contributed by atoms with Crippen molar-refractivity contribution in [2.45, 2.75) is 44.7 Å². The molecule has 2 aromatic carbocycles. The number of rotatable bonds is 6. The maximum Gasteiger partial charge on any atom is 0.295 e. The van der Waals surface area contributed by atoms with Crippen LogP contribution in [0.25, 0.3) is 5.76 Å². The highest BCUT2D eigenvalue weighted by atomic mass is 35.5. The number of ether oxygens (including phenoxy) is 2. The molecule has 1 unspecified atom stereocenters. The quantitative estimate of drug-likeness (QED) is 0.316. The van der Waals surface area contributed by atoms with Gasteiger partial charge in [-0.25, -0.2) is 0 Å². The molecule has 1 saturated carbocycles. The van der Waals surface area contributed by atoms with Crippen LogP contribution in [0.15, 0.2) is 42.0 Å². The third-order valence-electron chi connectivity index (χ3n) is 6.18. The van der Waals surface area contributed by atoms with Crippen molar-refractivity contribution in [1.29, 1.82) is 0 Å². The number of hydrogen-bond donors (Lipinski definition) is 1. The third kappa shape index (κ3) is 4.30. The number of halogens is 2. The Morgan fingerprint density at radius 3 is 2.24 bits per heavy atom. The van der Waals surface area contributed by atoms with Gasteiger partial charge < -0.3 is 19.5 Å². The van der Waals surface area contributed by atoms with E-state index in [2.05, 4.69) is 0 Å². The number of aliphatic hydroxyl groups excluding tert-OH is 1. The first-order valence-corrected chi connectivity index (χ1v) is 11.7. The molecule has 4 rings (SSSR count). The summed E-state index contributed by atoms with van der Waals surface area (Å²) >= 11 is 12.5. The van der Waals surface area contributed by atoms with Gasteiger partial charge in [-0.15, -0.1) is 0 Å². The van der Waals surface area contributed by atoms with Gasteiger partial charge in [0.25, 0.3) is 11.7 Å². The van der Waals surface area contributed by atoms with Crippen molar-refractivity contribution >= 4 is 40.7 Å². The Morgan fingerprint density at radius 1 is 1.09 bits per heavy atom. The molecule has 0 radical (unpaired) electrons. The van der Waals surface area contributed by atoms with Crippen molar-refractivity contribution in [2.24, 2.45) is 0 Å². The van der Waals surface area contributed by atoms with Crippen molar-refractivity contribution in [2.75, 3.05) is 13.7 Å². The van der Waals surface area contributed by atoms with Crippen LogP contribution in [-0.4, -0.2) is 41.5 Å². The lowest BCUT2D eigenvalue weighted by molar-refractivity contribution is -0.141. The number of benzene rings is 2. The zero-order valence-corrected chi connectivity index (χ0v) is 19.9. The SMILES string of the molecule is CCOc1ccc(C2/C(=C(\O)c3cc(Cl)c(OC)c(Cl)c3)C(=O)C(=O)N2C2CCCC2)cc1. The van der Waals surface area contributed by atoms with Crippen LogP contribution >= 0.6 is 23.2 Å². The van der Waals surface area contributed by atoms with Crippen LogP contribution in [0.1, 0.15) is 49.8 Å². The van der Waals surface area contributed by atoms with E-state index in [1.165, 1.54) is 19.2 Å². The smallest absolute Gasteiger partial charge is 0.295 e. The van der Waals surface area contributed by atoms with Crippen LogP contribution in [0.4, 0.5) is 0 Å². The zero-order chi connectivity index (χ0) is 23.7. The van der Waals surface area contributed by atoms with E-state index in [1.54, 1.807) is 17.0 Å². The van der Waals surface area contributed by atoms with Crippen LogP contribution < -0.4 is 9.47 Å². The third-order valence-corrected chi connectivity index (χ3v) is 6.74. The Morgan fingerprint density at radius 2 is 1.70 bits per heavy atom. The number of nitrogens with zero attached hydrogens (tertiary/aromatic N) is 1. The number of hydrogen-bond acceptors (Lipinski definition) is 5. The second kappa shape index (κ2) is 9.65. The van der Waals surface area contributed by atoms with Crippen LogP contribution in [-0.2, 0) is 9.59 Å². The van der Waals surface area contributed by atoms with Gasteiger partial charge in [0.15, 0.2) is 5.75 Å². The fourth-order valence-electron chi connectivity index (χ4n) is 4.70. The number of methoxy groups -OCH3 is 1. The summed E-state index contributed by atoms with van der Waals surface area (Å²) in [4.78, 5) is 28.0. The van der Waals surface area contributed by atoms with Crippen molar-refractivity contribution < 1.29 is 24.2 Å². The lowest BCUT2D eigenvalue weighted by Gasteiger charge is -2.30. The molecule has 1 atom stereocenters. The van der Waals surface area contributed by atoms with Crippen molar-refractivity contribution in [3.05, 3.63) is 63.1 Å². The summed E-state index contributed by atoms with van der Waals surface area (Å²) in [7, 11) is 1.44. The number of ketones is 1. The predicted molar refractivity (Wildman–Crippen MR) is 127 cm³/mol. The Hall–Kier alpha value is -2.70. The van der Waals surface area contributed by atoms with E-state index in [0.29, 0.717) is 12.4 Å². The van der Waals surface area contributed by atoms with Crippen LogP contribution in [0, 0.1) is 0 Å². The highest BCUT2D eigenvalue weighted by Crippen LogP contribution is 2.45. The summed E-state index contributed by atoms with van der Waals surface area (Å²) in [6, 6.07) is 9.41. The zero-order valence-electron chi connectivity index (χ0n) is 18.4. The number of aliphatic hydroxyl groups is 1. The summed E-state index contributed by atoms with van der Waals surface area (Å²) < 4.78 is 10.7. The minimum absolute atomic E-state index is 0.0216. The molecule has 2 fully saturated rings. The van der Waals surface area contributed by atoms with Gasteiger partial charge in [-0.1, -0.05) is 48.2 Å². The largest absolute Gasteiger partial charge is 0.507 e. The normalized spacial score (nSPS) is 20.5. The highest BCUT2D eigenvalue weighted by molar-refractivity contribution is 6.47. The summed E-state index contributed by atoms with van der Waals surface area (Å²) in [6.07, 6.45) is 3.63. The van der Waals surface area contributed by atoms with Gasteiger partial charge in [0.05, 0.1) is 35.4 Å². The summed E-state index contributed by atoms with van der Waals surface area (Å²) in [6.45, 7) is 2.42. The molecule has 1 heterocycles. The van der Waals surface area contributed by atoms with Crippen LogP contribution in [0.3, 0.4) is 0 Å². The molecule has 2 aliphatic rings. The summed E-state index contributed by atoms with van der Waals surface area (Å²) in [5, 5.41) is 11.6. The molecule has 6 nitrogen and oxygen atoms in total. The van der Waals surface area contributed by atoms with Crippen molar-refractivity contribution in [3.8, 4) is 11.5 Å². The molecular weight excluding hydrogens is 465 g/mol. The first kappa shape index (κ1) is 23.5. The standard InChI is InChI=1S/C25H25Cl2NO5/c1-3-33-17-10-8-14(9-11-17)21-20(23(30)25(31)28(21)16-6-4-5-7-16)22(29)15-12-18(26)24(32-2)19(27)13-15/h8-13,16,21,29H,3-7H2,1-2H3/b22-20+. The number of Topliss-reactive ketones (excluding diaryl/α,β-unsaturated/α-hetero) is 1. The van der Waals surface area contributed by atoms with E-state index in [0.717, 1.165) is 31.2 Å². The average Bonchev–Trinajstić information content (AvgIpc) is 3.41. The summed E-state index contributed by atoms with van der Waals surface area (Å²) in [5.41, 5.74) is 0.983. The molecule has 2 aromatic rings. The van der Waals surface area contributed by atoms with Gasteiger partial charge in [-0.3, -0.25) is 9.59 Å². The minimum atomic E-state index is -0.721. The first-order chi connectivity index (χ1) is 15.9. The van der Waals surface area contributed by atoms with Gasteiger partial charge in [0, 0.05) is 11.6 Å². The molecule has 1 N–H and O–H groups in total. The topological polar surface area (TPSA) is 76.1 Å². The van der Waals surface area contributed by atoms with Crippen molar-refractivity contribution in [3.63, 3.8) is 0 Å². The van der Waals surface area contributed by atoms with Crippen molar-refractivity contribution in [1.82, 2.24) is 4.90 Å². The van der Waals surface area contributed by atoms with E-state index in [1.807, 2.05) is 19.1 Å². The Labute approximate surface area is 202 Å². The average molecular weight is 490 g/mol.